The number of hydrogen-bond donors (Lipinski definition) is 0. The second-order valence-corrected chi connectivity index (χ2v) is 10.9. The summed E-state index contributed by atoms with van der Waals surface area (Å²) in [4.78, 5) is 17.9. The molecule has 2 aromatic heterocycles. The normalized spacial score (nSPS) is 12.8. The van der Waals surface area contributed by atoms with E-state index in [0.717, 1.165) is 78.5 Å². The van der Waals surface area contributed by atoms with Crippen LogP contribution in [0.5, 0.6) is 11.5 Å². The molecule has 0 saturated heterocycles. The molecular weight excluding hydrogens is 530 g/mol. The van der Waals surface area contributed by atoms with Crippen LogP contribution in [-0.2, 0) is 0 Å². The summed E-state index contributed by atoms with van der Waals surface area (Å²) in [6.07, 6.45) is 0. The summed E-state index contributed by atoms with van der Waals surface area (Å²) in [5.41, 5.74) is 8.83. The highest BCUT2D eigenvalue weighted by atomic mass is 16.5. The van der Waals surface area contributed by atoms with E-state index in [4.69, 9.17) is 19.7 Å². The summed E-state index contributed by atoms with van der Waals surface area (Å²) in [5, 5.41) is 3.24. The average molecular weight is 552 g/mol. The molecule has 4 heterocycles. The van der Waals surface area contributed by atoms with E-state index >= 15 is 0 Å². The van der Waals surface area contributed by atoms with Gasteiger partial charge in [-0.25, -0.2) is 19.9 Å². The molecule has 0 radical (unpaired) electrons. The Morgan fingerprint density at radius 3 is 2.28 bits per heavy atom. The molecule has 200 valence electrons. The molecule has 0 atom stereocenters. The number of hydrogen-bond acceptors (Lipinski definition) is 5. The van der Waals surface area contributed by atoms with Gasteiger partial charge >= 0.3 is 0 Å². The number of nitrogens with zero attached hydrogens (tertiary/aromatic N) is 5. The highest BCUT2D eigenvalue weighted by molar-refractivity contribution is 6.06. The van der Waals surface area contributed by atoms with Crippen LogP contribution in [0.15, 0.2) is 127 Å². The second kappa shape index (κ2) is 8.27. The fourth-order valence-electron chi connectivity index (χ4n) is 6.69. The zero-order valence-corrected chi connectivity index (χ0v) is 22.8. The first-order valence-electron chi connectivity index (χ1n) is 14.3. The van der Waals surface area contributed by atoms with Crippen molar-refractivity contribution in [3.63, 3.8) is 0 Å². The van der Waals surface area contributed by atoms with Crippen molar-refractivity contribution in [2.45, 2.75) is 0 Å². The molecule has 6 heteroatoms. The minimum absolute atomic E-state index is 0.553. The van der Waals surface area contributed by atoms with Crippen LogP contribution in [0.4, 0.5) is 17.6 Å². The van der Waals surface area contributed by atoms with Crippen molar-refractivity contribution in [1.29, 1.82) is 0 Å². The molecule has 0 aliphatic carbocycles. The van der Waals surface area contributed by atoms with Crippen molar-refractivity contribution in [1.82, 2.24) is 19.5 Å². The van der Waals surface area contributed by atoms with Gasteiger partial charge in [0, 0.05) is 22.1 Å². The number of rotatable bonds is 1. The molecule has 43 heavy (non-hydrogen) atoms. The predicted molar refractivity (Wildman–Crippen MR) is 171 cm³/mol. The third kappa shape index (κ3) is 3.04. The molecule has 0 N–H and O–H groups in total. The SMILES string of the molecule is c1ccc2c(c1)Oc1cccc3nc(N4c5ccccc5-c5ccc6ccccc6c5-n5c4nc4ccccc45)nc-2c13. The summed E-state index contributed by atoms with van der Waals surface area (Å²) in [6.45, 7) is 0. The number of aromatic nitrogens is 4. The van der Waals surface area contributed by atoms with Crippen molar-refractivity contribution in [3.8, 4) is 39.6 Å². The minimum atomic E-state index is 0.553. The third-order valence-electron chi connectivity index (χ3n) is 8.54. The Morgan fingerprint density at radius 2 is 1.30 bits per heavy atom. The molecule has 6 nitrogen and oxygen atoms in total. The predicted octanol–water partition coefficient (Wildman–Crippen LogP) is 9.34. The molecule has 0 saturated carbocycles. The van der Waals surface area contributed by atoms with Crippen molar-refractivity contribution >= 4 is 50.3 Å². The molecule has 10 rings (SSSR count). The topological polar surface area (TPSA) is 56.1 Å². The molecule has 0 bridgehead atoms. The van der Waals surface area contributed by atoms with Gasteiger partial charge in [-0.2, -0.15) is 0 Å². The molecule has 6 aromatic carbocycles. The standard InChI is InChI=1S/C37H21N5O/c1-2-11-23-22(10-1)20-21-25-24-12-3-6-16-29(24)42(37-39-27-14-5-7-17-30(27)41(37)35(23)25)36-38-28-15-9-19-32-33(28)34(40-36)26-13-4-8-18-31(26)43-32/h1-21H. The van der Waals surface area contributed by atoms with E-state index in [2.05, 4.69) is 94.4 Å². The van der Waals surface area contributed by atoms with Crippen LogP contribution in [0.1, 0.15) is 0 Å². The number of imidazole rings is 1. The lowest BCUT2D eigenvalue weighted by atomic mass is 9.97. The zero-order valence-electron chi connectivity index (χ0n) is 22.8. The summed E-state index contributed by atoms with van der Waals surface area (Å²) in [6, 6.07) is 43.8. The lowest BCUT2D eigenvalue weighted by Crippen LogP contribution is -2.18. The number of benzene rings is 6. The molecule has 2 aliphatic rings. The van der Waals surface area contributed by atoms with Gasteiger partial charge in [0.1, 0.15) is 11.5 Å². The molecule has 0 fully saturated rings. The molecule has 8 aromatic rings. The average Bonchev–Trinajstić information content (AvgIpc) is 3.37. The van der Waals surface area contributed by atoms with E-state index in [0.29, 0.717) is 5.95 Å². The van der Waals surface area contributed by atoms with Crippen molar-refractivity contribution in [2.24, 2.45) is 0 Å². The van der Waals surface area contributed by atoms with Gasteiger partial charge in [-0.05, 0) is 47.9 Å². The van der Waals surface area contributed by atoms with E-state index in [1.54, 1.807) is 0 Å². The van der Waals surface area contributed by atoms with E-state index < -0.39 is 0 Å². The molecule has 2 aliphatic heterocycles. The molecule has 0 amide bonds. The van der Waals surface area contributed by atoms with Crippen molar-refractivity contribution < 1.29 is 4.74 Å². The fourth-order valence-corrected chi connectivity index (χ4v) is 6.69. The highest BCUT2D eigenvalue weighted by Crippen LogP contribution is 2.50. The number of fused-ring (bicyclic) bond motifs is 11. The van der Waals surface area contributed by atoms with Gasteiger partial charge in [-0.15, -0.1) is 0 Å². The van der Waals surface area contributed by atoms with E-state index in [9.17, 15) is 0 Å². The smallest absolute Gasteiger partial charge is 0.238 e. The monoisotopic (exact) mass is 551 g/mol. The maximum atomic E-state index is 6.28. The maximum absolute atomic E-state index is 6.28. The van der Waals surface area contributed by atoms with Crippen molar-refractivity contribution in [2.75, 3.05) is 4.90 Å². The van der Waals surface area contributed by atoms with Crippen LogP contribution in [0.25, 0.3) is 60.8 Å². The van der Waals surface area contributed by atoms with Crippen LogP contribution in [0.3, 0.4) is 0 Å². The largest absolute Gasteiger partial charge is 0.456 e. The van der Waals surface area contributed by atoms with Crippen LogP contribution in [0.2, 0.25) is 0 Å². The Morgan fingerprint density at radius 1 is 0.535 bits per heavy atom. The van der Waals surface area contributed by atoms with Crippen molar-refractivity contribution in [3.05, 3.63) is 127 Å². The summed E-state index contributed by atoms with van der Waals surface area (Å²) in [5.74, 6) is 2.85. The van der Waals surface area contributed by atoms with E-state index in [1.165, 1.54) is 5.39 Å². The second-order valence-electron chi connectivity index (χ2n) is 10.9. The summed E-state index contributed by atoms with van der Waals surface area (Å²) >= 11 is 0. The quantitative estimate of drug-likeness (QED) is 0.203. The Bertz CT molecular complexity index is 2460. The van der Waals surface area contributed by atoms with Gasteiger partial charge in [-0.3, -0.25) is 4.57 Å². The van der Waals surface area contributed by atoms with Crippen LogP contribution in [-0.4, -0.2) is 19.5 Å². The Hall–Kier alpha value is -6.01. The maximum Gasteiger partial charge on any atom is 0.238 e. The van der Waals surface area contributed by atoms with E-state index in [1.807, 2.05) is 42.5 Å². The minimum Gasteiger partial charge on any atom is -0.456 e. The zero-order chi connectivity index (χ0) is 28.1. The van der Waals surface area contributed by atoms with E-state index in [-0.39, 0.29) is 0 Å². The first kappa shape index (κ1) is 22.7. The van der Waals surface area contributed by atoms with Gasteiger partial charge in [0.25, 0.3) is 0 Å². The lowest BCUT2D eigenvalue weighted by molar-refractivity contribution is 0.486. The number of para-hydroxylation sites is 4. The Kier molecular flexibility index (Phi) is 4.36. The fraction of sp³-hybridized carbons (Fsp3) is 0. The molecule has 0 unspecified atom stereocenters. The number of ether oxygens (including phenoxy) is 1. The lowest BCUT2D eigenvalue weighted by Gasteiger charge is -2.25. The summed E-state index contributed by atoms with van der Waals surface area (Å²) in [7, 11) is 0. The third-order valence-corrected chi connectivity index (χ3v) is 8.54. The first-order valence-corrected chi connectivity index (χ1v) is 14.3. The van der Waals surface area contributed by atoms with Gasteiger partial charge in [0.15, 0.2) is 0 Å². The van der Waals surface area contributed by atoms with Crippen LogP contribution in [0, 0.1) is 0 Å². The Labute approximate surface area is 246 Å². The van der Waals surface area contributed by atoms with Gasteiger partial charge in [0.2, 0.25) is 11.9 Å². The highest BCUT2D eigenvalue weighted by Gasteiger charge is 2.33. The van der Waals surface area contributed by atoms with Crippen LogP contribution < -0.4 is 9.64 Å². The number of anilines is 3. The van der Waals surface area contributed by atoms with Crippen LogP contribution >= 0.6 is 0 Å². The van der Waals surface area contributed by atoms with Gasteiger partial charge < -0.3 is 4.74 Å². The first-order chi connectivity index (χ1) is 21.3. The van der Waals surface area contributed by atoms with Gasteiger partial charge in [-0.1, -0.05) is 84.9 Å². The molecule has 0 spiro atoms. The summed E-state index contributed by atoms with van der Waals surface area (Å²) < 4.78 is 8.56. The van der Waals surface area contributed by atoms with Gasteiger partial charge in [0.05, 0.1) is 39.0 Å². The Balaban J connectivity index is 1.37. The molecular formula is C37H21N5O.